The van der Waals surface area contributed by atoms with Gasteiger partial charge in [-0.2, -0.15) is 0 Å². The van der Waals surface area contributed by atoms with E-state index in [4.69, 9.17) is 0 Å². The zero-order valence-corrected chi connectivity index (χ0v) is 9.44. The van der Waals surface area contributed by atoms with Gasteiger partial charge in [-0.25, -0.2) is 9.97 Å². The van der Waals surface area contributed by atoms with Gasteiger partial charge in [-0.3, -0.25) is 4.98 Å². The van der Waals surface area contributed by atoms with E-state index in [9.17, 15) is 0 Å². The lowest BCUT2D eigenvalue weighted by atomic mass is 10.2. The number of anilines is 1. The summed E-state index contributed by atoms with van der Waals surface area (Å²) in [5, 5.41) is 3.18. The summed E-state index contributed by atoms with van der Waals surface area (Å²) in [5.74, 6) is 0.779. The fraction of sp³-hybridized carbons (Fsp3) is 0.250. The van der Waals surface area contributed by atoms with Crippen LogP contribution in [0.2, 0.25) is 0 Å². The highest BCUT2D eigenvalue weighted by Gasteiger charge is 2.07. The summed E-state index contributed by atoms with van der Waals surface area (Å²) in [6.07, 6.45) is 5.19. The van der Waals surface area contributed by atoms with Gasteiger partial charge in [0, 0.05) is 25.1 Å². The molecular formula is C12H14N4. The molecule has 16 heavy (non-hydrogen) atoms. The Bertz CT molecular complexity index is 465. The molecule has 2 rings (SSSR count). The third-order valence-corrected chi connectivity index (χ3v) is 2.20. The Kier molecular flexibility index (Phi) is 3.10. The molecule has 0 aromatic carbocycles. The van der Waals surface area contributed by atoms with Crippen LogP contribution < -0.4 is 5.32 Å². The van der Waals surface area contributed by atoms with Gasteiger partial charge in [-0.05, 0) is 25.5 Å². The molecule has 2 aromatic heterocycles. The molecule has 2 heterocycles. The van der Waals surface area contributed by atoms with E-state index in [0.717, 1.165) is 29.3 Å². The van der Waals surface area contributed by atoms with Crippen LogP contribution >= 0.6 is 0 Å². The summed E-state index contributed by atoms with van der Waals surface area (Å²) in [6.45, 7) is 4.86. The lowest BCUT2D eigenvalue weighted by molar-refractivity contribution is 1.11. The second-order valence-corrected chi connectivity index (χ2v) is 3.50. The van der Waals surface area contributed by atoms with Crippen molar-refractivity contribution < 1.29 is 0 Å². The molecule has 0 saturated heterocycles. The zero-order chi connectivity index (χ0) is 11.4. The van der Waals surface area contributed by atoms with Gasteiger partial charge in [0.2, 0.25) is 0 Å². The average molecular weight is 214 g/mol. The molecular weight excluding hydrogens is 200 g/mol. The van der Waals surface area contributed by atoms with Crippen molar-refractivity contribution >= 4 is 5.82 Å². The molecule has 0 aliphatic heterocycles. The highest BCUT2D eigenvalue weighted by Crippen LogP contribution is 2.20. The summed E-state index contributed by atoms with van der Waals surface area (Å²) in [5.41, 5.74) is 2.77. The van der Waals surface area contributed by atoms with Crippen LogP contribution in [0.15, 0.2) is 30.7 Å². The van der Waals surface area contributed by atoms with Crippen LogP contribution in [0.4, 0.5) is 5.82 Å². The quantitative estimate of drug-likeness (QED) is 0.851. The van der Waals surface area contributed by atoms with E-state index in [0.29, 0.717) is 0 Å². The number of hydrogen-bond donors (Lipinski definition) is 1. The molecule has 0 unspecified atom stereocenters. The fourth-order valence-electron chi connectivity index (χ4n) is 1.43. The highest BCUT2D eigenvalue weighted by molar-refractivity contribution is 5.67. The van der Waals surface area contributed by atoms with Crippen molar-refractivity contribution in [3.63, 3.8) is 0 Å². The molecule has 4 nitrogen and oxygen atoms in total. The molecule has 0 bridgehead atoms. The third kappa shape index (κ3) is 2.16. The Morgan fingerprint density at radius 3 is 2.62 bits per heavy atom. The molecule has 0 fully saturated rings. The SMILES string of the molecule is CCNc1nccnc1-c1ccc(C)cn1. The van der Waals surface area contributed by atoms with Crippen molar-refractivity contribution in [3.8, 4) is 11.4 Å². The molecule has 0 aliphatic rings. The molecule has 0 spiro atoms. The molecule has 0 amide bonds. The molecule has 0 radical (unpaired) electrons. The van der Waals surface area contributed by atoms with Crippen LogP contribution in [0.1, 0.15) is 12.5 Å². The van der Waals surface area contributed by atoms with Crippen LogP contribution in [0, 0.1) is 6.92 Å². The Hall–Kier alpha value is -1.97. The Labute approximate surface area is 94.8 Å². The van der Waals surface area contributed by atoms with Crippen LogP contribution in [0.25, 0.3) is 11.4 Å². The Morgan fingerprint density at radius 1 is 1.12 bits per heavy atom. The lowest BCUT2D eigenvalue weighted by Crippen LogP contribution is -2.03. The number of pyridine rings is 1. The summed E-state index contributed by atoms with van der Waals surface area (Å²) in [4.78, 5) is 12.9. The summed E-state index contributed by atoms with van der Waals surface area (Å²) in [7, 11) is 0. The molecule has 4 heteroatoms. The van der Waals surface area contributed by atoms with Gasteiger partial charge in [0.25, 0.3) is 0 Å². The van der Waals surface area contributed by atoms with Crippen LogP contribution in [0.3, 0.4) is 0 Å². The van der Waals surface area contributed by atoms with Crippen LogP contribution in [-0.4, -0.2) is 21.5 Å². The smallest absolute Gasteiger partial charge is 0.154 e. The largest absolute Gasteiger partial charge is 0.368 e. The maximum Gasteiger partial charge on any atom is 0.154 e. The minimum Gasteiger partial charge on any atom is -0.368 e. The number of hydrogen-bond acceptors (Lipinski definition) is 4. The van der Waals surface area contributed by atoms with Crippen molar-refractivity contribution in [2.45, 2.75) is 13.8 Å². The van der Waals surface area contributed by atoms with Gasteiger partial charge in [0.05, 0.1) is 5.69 Å². The van der Waals surface area contributed by atoms with Crippen LogP contribution in [-0.2, 0) is 0 Å². The second kappa shape index (κ2) is 4.70. The molecule has 2 aromatic rings. The number of rotatable bonds is 3. The average Bonchev–Trinajstić information content (AvgIpc) is 2.32. The van der Waals surface area contributed by atoms with E-state index in [2.05, 4.69) is 20.3 Å². The van der Waals surface area contributed by atoms with E-state index in [1.165, 1.54) is 0 Å². The Balaban J connectivity index is 2.42. The van der Waals surface area contributed by atoms with Crippen molar-refractivity contribution in [2.24, 2.45) is 0 Å². The number of nitrogens with zero attached hydrogens (tertiary/aromatic N) is 3. The first kappa shape index (κ1) is 10.5. The van der Waals surface area contributed by atoms with Crippen molar-refractivity contribution in [2.75, 3.05) is 11.9 Å². The van der Waals surface area contributed by atoms with Crippen molar-refractivity contribution in [1.82, 2.24) is 15.0 Å². The number of aromatic nitrogens is 3. The summed E-state index contributed by atoms with van der Waals surface area (Å²) in [6, 6.07) is 3.98. The van der Waals surface area contributed by atoms with E-state index in [1.807, 2.05) is 32.2 Å². The first-order valence-corrected chi connectivity index (χ1v) is 5.29. The van der Waals surface area contributed by atoms with Gasteiger partial charge >= 0.3 is 0 Å². The van der Waals surface area contributed by atoms with E-state index >= 15 is 0 Å². The zero-order valence-electron chi connectivity index (χ0n) is 9.44. The minimum absolute atomic E-state index is 0.779. The summed E-state index contributed by atoms with van der Waals surface area (Å²) < 4.78 is 0. The van der Waals surface area contributed by atoms with E-state index in [-0.39, 0.29) is 0 Å². The predicted molar refractivity (Wildman–Crippen MR) is 64.2 cm³/mol. The maximum absolute atomic E-state index is 4.35. The second-order valence-electron chi connectivity index (χ2n) is 3.50. The molecule has 0 saturated carbocycles. The first-order valence-electron chi connectivity index (χ1n) is 5.29. The lowest BCUT2D eigenvalue weighted by Gasteiger charge is -2.07. The molecule has 0 atom stereocenters. The standard InChI is InChI=1S/C12H14N4/c1-3-13-12-11(14-6-7-15-12)10-5-4-9(2)8-16-10/h4-8H,3H2,1-2H3,(H,13,15). The van der Waals surface area contributed by atoms with Gasteiger partial charge in [0.15, 0.2) is 5.82 Å². The van der Waals surface area contributed by atoms with Gasteiger partial charge in [0.1, 0.15) is 5.69 Å². The molecule has 1 N–H and O–H groups in total. The maximum atomic E-state index is 4.35. The van der Waals surface area contributed by atoms with Crippen LogP contribution in [0.5, 0.6) is 0 Å². The Morgan fingerprint density at radius 2 is 1.94 bits per heavy atom. The minimum atomic E-state index is 0.779. The van der Waals surface area contributed by atoms with Crippen molar-refractivity contribution in [3.05, 3.63) is 36.3 Å². The van der Waals surface area contributed by atoms with Gasteiger partial charge < -0.3 is 5.32 Å². The topological polar surface area (TPSA) is 50.7 Å². The first-order chi connectivity index (χ1) is 7.81. The fourth-order valence-corrected chi connectivity index (χ4v) is 1.43. The van der Waals surface area contributed by atoms with E-state index < -0.39 is 0 Å². The number of nitrogens with one attached hydrogen (secondary N) is 1. The highest BCUT2D eigenvalue weighted by atomic mass is 15.0. The van der Waals surface area contributed by atoms with E-state index in [1.54, 1.807) is 12.4 Å². The molecule has 0 aliphatic carbocycles. The molecule has 82 valence electrons. The number of aryl methyl sites for hydroxylation is 1. The monoisotopic (exact) mass is 214 g/mol. The van der Waals surface area contributed by atoms with Gasteiger partial charge in [-0.1, -0.05) is 6.07 Å². The van der Waals surface area contributed by atoms with Gasteiger partial charge in [-0.15, -0.1) is 0 Å². The normalized spacial score (nSPS) is 10.1. The predicted octanol–water partition coefficient (Wildman–Crippen LogP) is 2.28. The summed E-state index contributed by atoms with van der Waals surface area (Å²) >= 11 is 0. The third-order valence-electron chi connectivity index (χ3n) is 2.20. The van der Waals surface area contributed by atoms with Crippen molar-refractivity contribution in [1.29, 1.82) is 0 Å².